The number of isothiocyanates is 1. The fourth-order valence-electron chi connectivity index (χ4n) is 5.53. The van der Waals surface area contributed by atoms with Crippen LogP contribution in [-0.2, 0) is 0 Å². The van der Waals surface area contributed by atoms with Crippen LogP contribution >= 0.6 is 12.2 Å². The lowest BCUT2D eigenvalue weighted by Crippen LogP contribution is -2.36. The number of thiocarbonyl (C=S) groups is 1. The second-order valence-electron chi connectivity index (χ2n) is 7.79. The molecule has 0 amide bonds. The van der Waals surface area contributed by atoms with Gasteiger partial charge in [-0.1, -0.05) is 27.2 Å². The van der Waals surface area contributed by atoms with Crippen molar-refractivity contribution in [2.45, 2.75) is 58.9 Å². The first kappa shape index (κ1) is 12.8. The maximum absolute atomic E-state index is 4.91. The summed E-state index contributed by atoms with van der Waals surface area (Å²) in [5.74, 6) is 4.39. The third-order valence-electron chi connectivity index (χ3n) is 6.67. The van der Waals surface area contributed by atoms with E-state index >= 15 is 0 Å². The van der Waals surface area contributed by atoms with E-state index in [2.05, 4.69) is 37.8 Å². The van der Waals surface area contributed by atoms with Crippen LogP contribution in [0.4, 0.5) is 0 Å². The van der Waals surface area contributed by atoms with E-state index in [9.17, 15) is 0 Å². The number of fused-ring (bicyclic) bond motifs is 3. The number of hydrogen-bond acceptors (Lipinski definition) is 2. The van der Waals surface area contributed by atoms with E-state index in [1.165, 1.54) is 25.7 Å². The van der Waals surface area contributed by atoms with Gasteiger partial charge in [0.1, 0.15) is 0 Å². The van der Waals surface area contributed by atoms with E-state index in [4.69, 9.17) is 12.2 Å². The maximum atomic E-state index is 4.91. The number of nitrogens with zero attached hydrogens (tertiary/aromatic N) is 1. The Hall–Kier alpha value is -0.200. The molecule has 18 heavy (non-hydrogen) atoms. The highest BCUT2D eigenvalue weighted by molar-refractivity contribution is 7.78. The molecule has 3 aliphatic rings. The Morgan fingerprint density at radius 1 is 1.11 bits per heavy atom. The van der Waals surface area contributed by atoms with Crippen molar-refractivity contribution in [1.29, 1.82) is 0 Å². The zero-order valence-electron chi connectivity index (χ0n) is 12.1. The van der Waals surface area contributed by atoms with Crippen molar-refractivity contribution in [3.8, 4) is 0 Å². The minimum atomic E-state index is 0.0840. The van der Waals surface area contributed by atoms with Gasteiger partial charge < -0.3 is 0 Å². The van der Waals surface area contributed by atoms with Crippen molar-refractivity contribution >= 4 is 17.4 Å². The summed E-state index contributed by atoms with van der Waals surface area (Å²) in [6.45, 7) is 9.76. The van der Waals surface area contributed by atoms with Crippen molar-refractivity contribution < 1.29 is 0 Å². The van der Waals surface area contributed by atoms with Gasteiger partial charge in [-0.2, -0.15) is 0 Å². The number of aliphatic imine (C=N–C) groups is 1. The van der Waals surface area contributed by atoms with Crippen LogP contribution < -0.4 is 0 Å². The molecule has 3 rings (SSSR count). The zero-order valence-corrected chi connectivity index (χ0v) is 12.9. The van der Waals surface area contributed by atoms with Crippen molar-refractivity contribution in [2.75, 3.05) is 0 Å². The summed E-state index contributed by atoms with van der Waals surface area (Å²) in [7, 11) is 0. The molecule has 0 radical (unpaired) electrons. The third kappa shape index (κ3) is 1.58. The van der Waals surface area contributed by atoms with E-state index in [1.807, 2.05) is 0 Å². The Morgan fingerprint density at radius 3 is 2.50 bits per heavy atom. The molecule has 2 heteroatoms. The quantitative estimate of drug-likeness (QED) is 0.498. The van der Waals surface area contributed by atoms with Gasteiger partial charge in [-0.15, -0.1) is 0 Å². The molecule has 0 aromatic heterocycles. The fourth-order valence-corrected chi connectivity index (χ4v) is 5.74. The van der Waals surface area contributed by atoms with Gasteiger partial charge in [-0.25, -0.2) is 4.99 Å². The van der Waals surface area contributed by atoms with Crippen molar-refractivity contribution in [1.82, 2.24) is 0 Å². The predicted octanol–water partition coefficient (Wildman–Crippen LogP) is 4.58. The minimum Gasteiger partial charge on any atom is -0.226 e. The van der Waals surface area contributed by atoms with Crippen LogP contribution in [-0.4, -0.2) is 10.7 Å². The van der Waals surface area contributed by atoms with Gasteiger partial charge in [0.25, 0.3) is 0 Å². The van der Waals surface area contributed by atoms with E-state index < -0.39 is 0 Å². The Balaban J connectivity index is 1.97. The largest absolute Gasteiger partial charge is 0.226 e. The summed E-state index contributed by atoms with van der Waals surface area (Å²) in [6, 6.07) is 0. The van der Waals surface area contributed by atoms with E-state index in [-0.39, 0.29) is 5.54 Å². The standard InChI is InChI=1S/C16H25NS/c1-10-5-6-11-13(10)14-12(15(14,2)3)7-8-16(11,4)17-9-18/h10-14H,5-8H2,1-4H3/t10-,11+,12-,13-,14-,16-/m0/s1. The molecule has 3 aliphatic carbocycles. The lowest BCUT2D eigenvalue weighted by Gasteiger charge is -2.35. The average molecular weight is 263 g/mol. The second kappa shape index (κ2) is 3.90. The molecule has 3 fully saturated rings. The first-order valence-electron chi connectivity index (χ1n) is 7.51. The molecule has 0 bridgehead atoms. The van der Waals surface area contributed by atoms with E-state index in [0.717, 1.165) is 29.6 Å². The lowest BCUT2D eigenvalue weighted by molar-refractivity contribution is 0.176. The van der Waals surface area contributed by atoms with Crippen LogP contribution in [0.3, 0.4) is 0 Å². The lowest BCUT2D eigenvalue weighted by atomic mass is 9.73. The van der Waals surface area contributed by atoms with Crippen molar-refractivity contribution in [2.24, 2.45) is 40.0 Å². The fraction of sp³-hybridized carbons (Fsp3) is 0.938. The normalized spacial score (nSPS) is 52.8. The van der Waals surface area contributed by atoms with Crippen LogP contribution in [0.25, 0.3) is 0 Å². The molecule has 100 valence electrons. The Bertz CT molecular complexity index is 409. The van der Waals surface area contributed by atoms with Gasteiger partial charge in [0, 0.05) is 0 Å². The summed E-state index contributed by atoms with van der Waals surface area (Å²) < 4.78 is 0. The molecule has 0 N–H and O–H groups in total. The Labute approximate surface area is 116 Å². The molecule has 0 aromatic rings. The first-order valence-corrected chi connectivity index (χ1v) is 7.91. The molecule has 1 nitrogen and oxygen atoms in total. The Kier molecular flexibility index (Phi) is 2.78. The second-order valence-corrected chi connectivity index (χ2v) is 7.97. The zero-order chi connectivity index (χ0) is 13.1. The molecule has 0 saturated heterocycles. The summed E-state index contributed by atoms with van der Waals surface area (Å²) in [5.41, 5.74) is 0.672. The molecule has 3 saturated carbocycles. The van der Waals surface area contributed by atoms with Gasteiger partial charge in [-0.05, 0) is 73.4 Å². The molecule has 6 atom stereocenters. The van der Waals surface area contributed by atoms with E-state index in [0.29, 0.717) is 5.41 Å². The minimum absolute atomic E-state index is 0.0840. The number of rotatable bonds is 1. The monoisotopic (exact) mass is 263 g/mol. The molecule has 0 spiro atoms. The summed E-state index contributed by atoms with van der Waals surface area (Å²) in [6.07, 6.45) is 5.29. The number of hydrogen-bond donors (Lipinski definition) is 0. The summed E-state index contributed by atoms with van der Waals surface area (Å²) in [5, 5.41) is 2.69. The topological polar surface area (TPSA) is 12.4 Å². The predicted molar refractivity (Wildman–Crippen MR) is 78.8 cm³/mol. The molecular weight excluding hydrogens is 238 g/mol. The molecule has 0 heterocycles. The van der Waals surface area contributed by atoms with E-state index in [1.54, 1.807) is 0 Å². The SMILES string of the molecule is C[C@H]1CC[C@@H]2[C@H]1[C@@H]1[C@H](CC[C@]2(C)N=C=S)C1(C)C. The highest BCUT2D eigenvalue weighted by Gasteiger charge is 2.66. The smallest absolute Gasteiger partial charge is 0.0713 e. The van der Waals surface area contributed by atoms with Crippen LogP contribution in [0.2, 0.25) is 0 Å². The molecule has 0 aliphatic heterocycles. The highest BCUT2D eigenvalue weighted by Crippen LogP contribution is 2.71. The molecule has 0 aromatic carbocycles. The van der Waals surface area contributed by atoms with Gasteiger partial charge in [0.15, 0.2) is 0 Å². The van der Waals surface area contributed by atoms with Crippen molar-refractivity contribution in [3.63, 3.8) is 0 Å². The Morgan fingerprint density at radius 2 is 1.83 bits per heavy atom. The summed E-state index contributed by atoms with van der Waals surface area (Å²) in [4.78, 5) is 4.62. The van der Waals surface area contributed by atoms with Crippen LogP contribution in [0.1, 0.15) is 53.4 Å². The van der Waals surface area contributed by atoms with Gasteiger partial charge in [-0.3, -0.25) is 0 Å². The van der Waals surface area contributed by atoms with Crippen LogP contribution in [0, 0.1) is 35.0 Å². The van der Waals surface area contributed by atoms with Gasteiger partial charge >= 0.3 is 0 Å². The van der Waals surface area contributed by atoms with Crippen LogP contribution in [0.5, 0.6) is 0 Å². The van der Waals surface area contributed by atoms with Crippen LogP contribution in [0.15, 0.2) is 4.99 Å². The van der Waals surface area contributed by atoms with Gasteiger partial charge in [0.2, 0.25) is 0 Å². The summed E-state index contributed by atoms with van der Waals surface area (Å²) >= 11 is 4.91. The third-order valence-corrected chi connectivity index (χ3v) is 6.76. The first-order chi connectivity index (χ1) is 8.42. The highest BCUT2D eigenvalue weighted by atomic mass is 32.1. The molecular formula is C16H25NS. The van der Waals surface area contributed by atoms with Crippen molar-refractivity contribution in [3.05, 3.63) is 0 Å². The molecule has 0 unspecified atom stereocenters. The average Bonchev–Trinajstić information content (AvgIpc) is 2.65. The van der Waals surface area contributed by atoms with Gasteiger partial charge in [0.05, 0.1) is 10.7 Å². The maximum Gasteiger partial charge on any atom is 0.0713 e.